The molecule has 132 valence electrons. The van der Waals surface area contributed by atoms with E-state index in [1.165, 1.54) is 23.4 Å². The van der Waals surface area contributed by atoms with Crippen molar-refractivity contribution in [1.82, 2.24) is 4.98 Å². The zero-order valence-electron chi connectivity index (χ0n) is 14.2. The first-order chi connectivity index (χ1) is 12.1. The first-order valence-electron chi connectivity index (χ1n) is 7.99. The Bertz CT molecular complexity index is 750. The van der Waals surface area contributed by atoms with Crippen LogP contribution in [0.4, 0.5) is 20.2 Å². The molecular weight excluding hydrogens is 340 g/mol. The van der Waals surface area contributed by atoms with Crippen molar-refractivity contribution < 1.29 is 8.78 Å². The van der Waals surface area contributed by atoms with Crippen LogP contribution in [0.1, 0.15) is 13.8 Å². The second-order valence-corrected chi connectivity index (χ2v) is 5.95. The lowest BCUT2D eigenvalue weighted by molar-refractivity contribution is 0.512. The van der Waals surface area contributed by atoms with E-state index in [9.17, 15) is 8.78 Å². The molecule has 2 aromatic carbocycles. The average molecular weight is 361 g/mol. The molecule has 0 amide bonds. The molecule has 0 aliphatic carbocycles. The number of aromatic nitrogens is 1. The largest absolute Gasteiger partial charge is 0.396 e. The van der Waals surface area contributed by atoms with Gasteiger partial charge in [0.1, 0.15) is 0 Å². The molecule has 0 saturated heterocycles. The normalized spacial score (nSPS) is 10.1. The average Bonchev–Trinajstić information content (AvgIpc) is 3.16. The molecule has 0 saturated carbocycles. The second-order valence-electron chi connectivity index (χ2n) is 5.24. The van der Waals surface area contributed by atoms with Gasteiger partial charge in [0.05, 0.1) is 16.9 Å². The molecule has 2 N–H and O–H groups in total. The van der Waals surface area contributed by atoms with E-state index in [0.29, 0.717) is 0 Å². The van der Waals surface area contributed by atoms with E-state index >= 15 is 0 Å². The lowest BCUT2D eigenvalue weighted by atomic mass is 10.1. The van der Waals surface area contributed by atoms with Crippen LogP contribution in [0.5, 0.6) is 0 Å². The summed E-state index contributed by atoms with van der Waals surface area (Å²) in [6.45, 7) is 6.45. The lowest BCUT2D eigenvalue weighted by Crippen LogP contribution is -2.21. The van der Waals surface area contributed by atoms with Crippen molar-refractivity contribution in [2.24, 2.45) is 0 Å². The van der Waals surface area contributed by atoms with Crippen molar-refractivity contribution in [2.75, 3.05) is 23.7 Å². The minimum Gasteiger partial charge on any atom is -0.396 e. The van der Waals surface area contributed by atoms with Crippen molar-refractivity contribution in [3.8, 4) is 11.3 Å². The number of hydrogen-bond acceptors (Lipinski definition) is 4. The maximum Gasteiger partial charge on any atom is 0.181 e. The van der Waals surface area contributed by atoms with Gasteiger partial charge in [-0.25, -0.2) is 13.8 Å². The monoisotopic (exact) mass is 361 g/mol. The standard InChI is InChI=1S/C13H16N2S.C6H5F2N/c1-3-15(4-2)12-7-5-11(6-8-12)13-9-16-10-14-13;7-4-2-1-3-5(9)6(4)8/h5-10H,3-4H2,1-2H3;1-3H,9H2. The number of thiazole rings is 1. The Morgan fingerprint density at radius 3 is 2.20 bits per heavy atom. The van der Waals surface area contributed by atoms with Gasteiger partial charge in [0.15, 0.2) is 11.6 Å². The number of nitrogens with zero attached hydrogens (tertiary/aromatic N) is 2. The fourth-order valence-corrected chi connectivity index (χ4v) is 2.87. The molecule has 3 nitrogen and oxygen atoms in total. The van der Waals surface area contributed by atoms with Crippen molar-refractivity contribution in [2.45, 2.75) is 13.8 Å². The van der Waals surface area contributed by atoms with Crippen LogP contribution in [0, 0.1) is 11.6 Å². The number of rotatable bonds is 4. The van der Waals surface area contributed by atoms with Gasteiger partial charge in [0.2, 0.25) is 0 Å². The van der Waals surface area contributed by atoms with Crippen LogP contribution in [0.3, 0.4) is 0 Å². The van der Waals surface area contributed by atoms with Crippen LogP contribution < -0.4 is 10.6 Å². The molecule has 0 spiro atoms. The van der Waals surface area contributed by atoms with Crippen molar-refractivity contribution >= 4 is 22.7 Å². The van der Waals surface area contributed by atoms with Crippen LogP contribution in [0.25, 0.3) is 11.3 Å². The molecule has 25 heavy (non-hydrogen) atoms. The zero-order chi connectivity index (χ0) is 18.2. The first-order valence-corrected chi connectivity index (χ1v) is 8.94. The van der Waals surface area contributed by atoms with Crippen LogP contribution in [0.2, 0.25) is 0 Å². The highest BCUT2D eigenvalue weighted by Crippen LogP contribution is 2.22. The number of halogens is 2. The van der Waals surface area contributed by atoms with Crippen molar-refractivity contribution in [3.05, 3.63) is 65.0 Å². The van der Waals surface area contributed by atoms with Crippen LogP contribution in [-0.2, 0) is 0 Å². The van der Waals surface area contributed by atoms with E-state index in [4.69, 9.17) is 5.73 Å². The molecule has 0 aliphatic rings. The highest BCUT2D eigenvalue weighted by atomic mass is 32.1. The predicted molar refractivity (Wildman–Crippen MR) is 102 cm³/mol. The molecule has 6 heteroatoms. The Labute approximate surface area is 150 Å². The number of nitrogen functional groups attached to an aromatic ring is 1. The van der Waals surface area contributed by atoms with E-state index < -0.39 is 11.6 Å². The van der Waals surface area contributed by atoms with E-state index in [-0.39, 0.29) is 5.69 Å². The number of hydrogen-bond donors (Lipinski definition) is 1. The Morgan fingerprint density at radius 1 is 1.04 bits per heavy atom. The van der Waals surface area contributed by atoms with Gasteiger partial charge in [0, 0.05) is 29.7 Å². The fourth-order valence-electron chi connectivity index (χ4n) is 2.31. The maximum absolute atomic E-state index is 12.2. The van der Waals surface area contributed by atoms with Gasteiger partial charge < -0.3 is 10.6 Å². The predicted octanol–water partition coefficient (Wildman–Crippen LogP) is 5.20. The summed E-state index contributed by atoms with van der Waals surface area (Å²) in [4.78, 5) is 6.64. The molecule has 0 radical (unpaired) electrons. The van der Waals surface area contributed by atoms with Gasteiger partial charge in [-0.15, -0.1) is 11.3 Å². The van der Waals surface area contributed by atoms with Crippen LogP contribution >= 0.6 is 11.3 Å². The summed E-state index contributed by atoms with van der Waals surface area (Å²) >= 11 is 1.63. The molecule has 3 aromatic rings. The van der Waals surface area contributed by atoms with Crippen LogP contribution in [0.15, 0.2) is 53.4 Å². The minimum atomic E-state index is -0.975. The molecule has 0 atom stereocenters. The van der Waals surface area contributed by atoms with Crippen LogP contribution in [-0.4, -0.2) is 18.1 Å². The van der Waals surface area contributed by atoms with Gasteiger partial charge in [-0.05, 0) is 38.1 Å². The van der Waals surface area contributed by atoms with Crippen molar-refractivity contribution in [3.63, 3.8) is 0 Å². The summed E-state index contributed by atoms with van der Waals surface area (Å²) in [6, 6.07) is 12.3. The number of anilines is 2. The molecule has 1 heterocycles. The molecular formula is C19H21F2N3S. The Balaban J connectivity index is 0.000000212. The number of nitrogens with two attached hydrogens (primary N) is 1. The molecule has 1 aromatic heterocycles. The zero-order valence-corrected chi connectivity index (χ0v) is 15.1. The summed E-state index contributed by atoms with van der Waals surface area (Å²) in [6.07, 6.45) is 0. The Kier molecular flexibility index (Phi) is 6.89. The molecule has 0 fully saturated rings. The SMILES string of the molecule is CCN(CC)c1ccc(-c2cscn2)cc1.Nc1cccc(F)c1F. The third-order valence-corrected chi connectivity index (χ3v) is 4.29. The molecule has 0 unspecified atom stereocenters. The van der Waals surface area contributed by atoms with E-state index in [2.05, 4.69) is 53.4 Å². The topological polar surface area (TPSA) is 42.2 Å². The summed E-state index contributed by atoms with van der Waals surface area (Å²) in [5.41, 5.74) is 10.3. The molecule has 0 bridgehead atoms. The minimum absolute atomic E-state index is 0.157. The summed E-state index contributed by atoms with van der Waals surface area (Å²) in [5.74, 6) is -1.88. The second kappa shape index (κ2) is 9.13. The highest BCUT2D eigenvalue weighted by Gasteiger charge is 2.03. The third kappa shape index (κ3) is 5.00. The van der Waals surface area contributed by atoms with Gasteiger partial charge in [-0.3, -0.25) is 0 Å². The summed E-state index contributed by atoms with van der Waals surface area (Å²) in [7, 11) is 0. The Hall–Kier alpha value is -2.47. The van der Waals surface area contributed by atoms with Gasteiger partial charge in [0.25, 0.3) is 0 Å². The third-order valence-electron chi connectivity index (χ3n) is 3.71. The lowest BCUT2D eigenvalue weighted by Gasteiger charge is -2.20. The summed E-state index contributed by atoms with van der Waals surface area (Å²) in [5, 5.41) is 2.08. The van der Waals surface area contributed by atoms with E-state index in [1.54, 1.807) is 11.3 Å². The molecule has 0 aliphatic heterocycles. The molecule has 3 rings (SSSR count). The summed E-state index contributed by atoms with van der Waals surface area (Å²) < 4.78 is 24.4. The maximum atomic E-state index is 12.2. The van der Waals surface area contributed by atoms with Gasteiger partial charge in [-0.1, -0.05) is 18.2 Å². The number of benzene rings is 2. The Morgan fingerprint density at radius 2 is 1.72 bits per heavy atom. The highest BCUT2D eigenvalue weighted by molar-refractivity contribution is 7.07. The van der Waals surface area contributed by atoms with E-state index in [0.717, 1.165) is 24.8 Å². The van der Waals surface area contributed by atoms with Gasteiger partial charge >= 0.3 is 0 Å². The fraction of sp³-hybridized carbons (Fsp3) is 0.211. The van der Waals surface area contributed by atoms with Crippen molar-refractivity contribution in [1.29, 1.82) is 0 Å². The quantitative estimate of drug-likeness (QED) is 0.649. The first kappa shape index (κ1) is 18.9. The smallest absolute Gasteiger partial charge is 0.181 e. The van der Waals surface area contributed by atoms with Gasteiger partial charge in [-0.2, -0.15) is 0 Å². The van der Waals surface area contributed by atoms with E-state index in [1.807, 2.05) is 5.51 Å².